The Bertz CT molecular complexity index is 97.8. The van der Waals surface area contributed by atoms with E-state index in [2.05, 4.69) is 5.32 Å². The normalized spacial score (nSPS) is 12.7. The van der Waals surface area contributed by atoms with Crippen molar-refractivity contribution in [3.05, 3.63) is 0 Å². The van der Waals surface area contributed by atoms with E-state index in [9.17, 15) is 4.79 Å². The van der Waals surface area contributed by atoms with Gasteiger partial charge in [-0.25, -0.2) is 0 Å². The second kappa shape index (κ2) is 4.35. The van der Waals surface area contributed by atoms with Crippen LogP contribution in [-0.2, 0) is 4.79 Å². The van der Waals surface area contributed by atoms with Crippen molar-refractivity contribution in [2.45, 2.75) is 12.4 Å². The van der Waals surface area contributed by atoms with Crippen LogP contribution in [0, 0.1) is 0 Å². The zero-order valence-corrected chi connectivity index (χ0v) is 5.16. The van der Waals surface area contributed by atoms with E-state index in [1.165, 1.54) is 7.05 Å². The average molecular weight is 130 g/mol. The Morgan fingerprint density at radius 3 is 2.56 bits per heavy atom. The number of carboxylic acid groups (broad SMARTS) is 1. The first-order valence-corrected chi connectivity index (χ1v) is 2.58. The minimum atomic E-state index is -0.956. The highest BCUT2D eigenvalue weighted by atomic mass is 16.4. The molecule has 0 saturated carbocycles. The maximum atomic E-state index is 10.1. The second-order valence-corrected chi connectivity index (χ2v) is 1.60. The molecule has 0 aromatic rings. The molecule has 0 aliphatic heterocycles. The number of carboxylic acids is 1. The van der Waals surface area contributed by atoms with Gasteiger partial charge in [0.2, 0.25) is 0 Å². The van der Waals surface area contributed by atoms with Gasteiger partial charge in [0.15, 0.2) is 0 Å². The van der Waals surface area contributed by atoms with Crippen LogP contribution in [0.3, 0.4) is 0 Å². The van der Waals surface area contributed by atoms with Crippen molar-refractivity contribution in [3.63, 3.8) is 0 Å². The monoisotopic (exact) mass is 130 g/mol. The summed E-state index contributed by atoms with van der Waals surface area (Å²) >= 11 is 0. The minimum Gasteiger partial charge on any atom is -0.480 e. The Labute approximate surface area is 54.2 Å². The molecule has 0 heterocycles. The summed E-state index contributed by atoms with van der Waals surface area (Å²) in [4.78, 5) is 10.1. The van der Waals surface area contributed by atoms with Crippen molar-refractivity contribution >= 4 is 13.5 Å². The number of aliphatic carboxylic acids is 1. The van der Waals surface area contributed by atoms with Crippen LogP contribution in [0.15, 0.2) is 0 Å². The SMILES string of the molecule is CNC(C[B]O)C(=O)O. The zero-order chi connectivity index (χ0) is 7.28. The summed E-state index contributed by atoms with van der Waals surface area (Å²) in [6.45, 7) is 0. The topological polar surface area (TPSA) is 69.6 Å². The molecule has 0 bridgehead atoms. The summed E-state index contributed by atoms with van der Waals surface area (Å²) in [5.41, 5.74) is 0. The third-order valence-corrected chi connectivity index (χ3v) is 0.988. The molecular formula is C4H9BNO3. The van der Waals surface area contributed by atoms with Crippen molar-refractivity contribution < 1.29 is 14.9 Å². The zero-order valence-electron chi connectivity index (χ0n) is 5.16. The van der Waals surface area contributed by atoms with E-state index in [0.717, 1.165) is 7.48 Å². The van der Waals surface area contributed by atoms with Crippen LogP contribution >= 0.6 is 0 Å². The van der Waals surface area contributed by atoms with E-state index in [-0.39, 0.29) is 6.32 Å². The fourth-order valence-electron chi connectivity index (χ4n) is 0.448. The maximum absolute atomic E-state index is 10.1. The fourth-order valence-corrected chi connectivity index (χ4v) is 0.448. The van der Waals surface area contributed by atoms with Gasteiger partial charge in [0.1, 0.15) is 6.04 Å². The molecule has 1 atom stereocenters. The van der Waals surface area contributed by atoms with E-state index < -0.39 is 12.0 Å². The van der Waals surface area contributed by atoms with Crippen LogP contribution in [0.4, 0.5) is 0 Å². The Morgan fingerprint density at radius 2 is 2.44 bits per heavy atom. The van der Waals surface area contributed by atoms with E-state index in [1.807, 2.05) is 0 Å². The molecule has 3 N–H and O–H groups in total. The second-order valence-electron chi connectivity index (χ2n) is 1.60. The highest BCUT2D eigenvalue weighted by molar-refractivity contribution is 6.26. The smallest absolute Gasteiger partial charge is 0.320 e. The average Bonchev–Trinajstić information content (AvgIpc) is 1.82. The third-order valence-electron chi connectivity index (χ3n) is 0.988. The number of carbonyl (C=O) groups is 1. The van der Waals surface area contributed by atoms with Crippen molar-refractivity contribution in [2.75, 3.05) is 7.05 Å². The summed E-state index contributed by atoms with van der Waals surface area (Å²) in [7, 11) is 2.36. The Kier molecular flexibility index (Phi) is 4.08. The Morgan fingerprint density at radius 1 is 1.89 bits per heavy atom. The third kappa shape index (κ3) is 3.10. The molecule has 0 rings (SSSR count). The molecule has 0 amide bonds. The highest BCUT2D eigenvalue weighted by Crippen LogP contribution is 1.88. The van der Waals surface area contributed by atoms with Crippen LogP contribution < -0.4 is 5.32 Å². The molecule has 0 aromatic heterocycles. The standard InChI is InChI=1S/C4H9BNO3/c1-6-3(2-5-9)4(7)8/h3,6,9H,2H2,1H3,(H,7,8). The van der Waals surface area contributed by atoms with Gasteiger partial charge < -0.3 is 15.4 Å². The first-order chi connectivity index (χ1) is 4.22. The van der Waals surface area contributed by atoms with E-state index >= 15 is 0 Å². The van der Waals surface area contributed by atoms with E-state index in [4.69, 9.17) is 10.1 Å². The maximum Gasteiger partial charge on any atom is 0.320 e. The molecule has 0 aromatic carbocycles. The molecule has 5 heteroatoms. The predicted molar refractivity (Wildman–Crippen MR) is 33.3 cm³/mol. The number of hydrogen-bond acceptors (Lipinski definition) is 3. The highest BCUT2D eigenvalue weighted by Gasteiger charge is 2.13. The molecule has 51 valence electrons. The fraction of sp³-hybridized carbons (Fsp3) is 0.750. The van der Waals surface area contributed by atoms with Gasteiger partial charge in [-0.1, -0.05) is 0 Å². The van der Waals surface area contributed by atoms with E-state index in [1.54, 1.807) is 0 Å². The largest absolute Gasteiger partial charge is 0.480 e. The number of likely N-dealkylation sites (N-methyl/N-ethyl adjacent to an activating group) is 1. The van der Waals surface area contributed by atoms with Crippen molar-refractivity contribution in [2.24, 2.45) is 0 Å². The lowest BCUT2D eigenvalue weighted by Gasteiger charge is -2.06. The van der Waals surface area contributed by atoms with Gasteiger partial charge in [0.25, 0.3) is 7.48 Å². The lowest BCUT2D eigenvalue weighted by molar-refractivity contribution is -0.138. The van der Waals surface area contributed by atoms with Gasteiger partial charge >= 0.3 is 5.97 Å². The van der Waals surface area contributed by atoms with Crippen LogP contribution in [0.1, 0.15) is 0 Å². The van der Waals surface area contributed by atoms with Gasteiger partial charge in [0.05, 0.1) is 0 Å². The Balaban J connectivity index is 3.54. The van der Waals surface area contributed by atoms with Crippen molar-refractivity contribution in [1.29, 1.82) is 0 Å². The molecular weight excluding hydrogens is 121 g/mol. The number of nitrogens with one attached hydrogen (secondary N) is 1. The molecule has 0 saturated heterocycles. The number of hydrogen-bond donors (Lipinski definition) is 3. The van der Waals surface area contributed by atoms with Crippen LogP contribution in [-0.4, -0.2) is 36.7 Å². The van der Waals surface area contributed by atoms with Gasteiger partial charge in [-0.3, -0.25) is 4.79 Å². The molecule has 0 fully saturated rings. The Hall–Kier alpha value is -0.545. The molecule has 0 aliphatic carbocycles. The van der Waals surface area contributed by atoms with Gasteiger partial charge in [-0.15, -0.1) is 0 Å². The summed E-state index contributed by atoms with van der Waals surface area (Å²) in [6.07, 6.45) is 0.131. The van der Waals surface area contributed by atoms with Crippen molar-refractivity contribution in [1.82, 2.24) is 5.32 Å². The summed E-state index contributed by atoms with van der Waals surface area (Å²) in [5.74, 6) is -0.956. The van der Waals surface area contributed by atoms with Gasteiger partial charge in [-0.2, -0.15) is 0 Å². The molecule has 9 heavy (non-hydrogen) atoms. The van der Waals surface area contributed by atoms with Crippen LogP contribution in [0.2, 0.25) is 6.32 Å². The lowest BCUT2D eigenvalue weighted by atomic mass is 9.90. The summed E-state index contributed by atoms with van der Waals surface area (Å²) in [5, 5.41) is 19.0. The first kappa shape index (κ1) is 8.45. The molecule has 1 unspecified atom stereocenters. The molecule has 1 radical (unpaired) electrons. The molecule has 4 nitrogen and oxygen atoms in total. The number of rotatable bonds is 4. The van der Waals surface area contributed by atoms with Gasteiger partial charge in [-0.05, 0) is 13.4 Å². The molecule has 0 spiro atoms. The van der Waals surface area contributed by atoms with E-state index in [0.29, 0.717) is 0 Å². The summed E-state index contributed by atoms with van der Waals surface area (Å²) in [6, 6.07) is -0.671. The van der Waals surface area contributed by atoms with Crippen LogP contribution in [0.25, 0.3) is 0 Å². The minimum absolute atomic E-state index is 0.131. The quantitative estimate of drug-likeness (QED) is 0.413. The summed E-state index contributed by atoms with van der Waals surface area (Å²) < 4.78 is 0. The lowest BCUT2D eigenvalue weighted by Crippen LogP contribution is -2.34. The first-order valence-electron chi connectivity index (χ1n) is 2.58. The molecule has 0 aliphatic rings. The van der Waals surface area contributed by atoms with Crippen molar-refractivity contribution in [3.8, 4) is 0 Å². The predicted octanol–water partition coefficient (Wildman–Crippen LogP) is -1.31. The van der Waals surface area contributed by atoms with Gasteiger partial charge in [0, 0.05) is 0 Å². The van der Waals surface area contributed by atoms with Crippen LogP contribution in [0.5, 0.6) is 0 Å².